The number of rotatable bonds is 7. The zero-order valence-electron chi connectivity index (χ0n) is 11.7. The maximum Gasteiger partial charge on any atom is 0.138 e. The van der Waals surface area contributed by atoms with Crippen LogP contribution >= 0.6 is 11.6 Å². The van der Waals surface area contributed by atoms with Gasteiger partial charge in [-0.05, 0) is 39.4 Å². The standard InChI is InChI=1S/C13H23ClN4/c1-10(2)11-12(14)16-9-17-13(11)15-7-5-6-8-18(3)4/h9-10H,5-8H2,1-4H3,(H,15,16,17). The zero-order chi connectivity index (χ0) is 13.5. The Hall–Kier alpha value is -0.870. The van der Waals surface area contributed by atoms with E-state index in [1.807, 2.05) is 0 Å². The molecule has 0 saturated carbocycles. The molecule has 0 radical (unpaired) electrons. The van der Waals surface area contributed by atoms with Gasteiger partial charge in [0, 0.05) is 12.1 Å². The average molecular weight is 271 g/mol. The molecular weight excluding hydrogens is 248 g/mol. The van der Waals surface area contributed by atoms with Gasteiger partial charge in [-0.15, -0.1) is 0 Å². The van der Waals surface area contributed by atoms with Crippen molar-refractivity contribution in [2.75, 3.05) is 32.5 Å². The number of halogens is 1. The second-order valence-corrected chi connectivity index (χ2v) is 5.38. The van der Waals surface area contributed by atoms with E-state index >= 15 is 0 Å². The molecule has 0 amide bonds. The highest BCUT2D eigenvalue weighted by atomic mass is 35.5. The topological polar surface area (TPSA) is 41.1 Å². The Morgan fingerprint density at radius 1 is 1.28 bits per heavy atom. The van der Waals surface area contributed by atoms with Crippen LogP contribution in [-0.4, -0.2) is 42.1 Å². The summed E-state index contributed by atoms with van der Waals surface area (Å²) in [7, 11) is 4.18. The molecule has 0 saturated heterocycles. The first-order valence-electron chi connectivity index (χ1n) is 6.41. The van der Waals surface area contributed by atoms with E-state index in [9.17, 15) is 0 Å². The first-order valence-corrected chi connectivity index (χ1v) is 6.79. The molecule has 0 aliphatic rings. The summed E-state index contributed by atoms with van der Waals surface area (Å²) < 4.78 is 0. The van der Waals surface area contributed by atoms with Crippen LogP contribution in [0.1, 0.15) is 38.2 Å². The van der Waals surface area contributed by atoms with Crippen molar-refractivity contribution in [1.82, 2.24) is 14.9 Å². The predicted octanol–water partition coefficient (Wildman–Crippen LogP) is 3.01. The van der Waals surface area contributed by atoms with Crippen molar-refractivity contribution < 1.29 is 0 Å². The lowest BCUT2D eigenvalue weighted by atomic mass is 10.1. The molecule has 4 nitrogen and oxygen atoms in total. The first kappa shape index (κ1) is 15.2. The summed E-state index contributed by atoms with van der Waals surface area (Å²) in [5.41, 5.74) is 1.01. The summed E-state index contributed by atoms with van der Waals surface area (Å²) >= 11 is 6.11. The van der Waals surface area contributed by atoms with Crippen LogP contribution in [0.3, 0.4) is 0 Å². The third kappa shape index (κ3) is 4.78. The summed E-state index contributed by atoms with van der Waals surface area (Å²) in [6, 6.07) is 0. The molecule has 102 valence electrons. The van der Waals surface area contributed by atoms with Gasteiger partial charge >= 0.3 is 0 Å². The van der Waals surface area contributed by atoms with Crippen molar-refractivity contribution >= 4 is 17.4 Å². The van der Waals surface area contributed by atoms with Crippen molar-refractivity contribution in [3.8, 4) is 0 Å². The molecule has 0 aliphatic carbocycles. The highest BCUT2D eigenvalue weighted by Crippen LogP contribution is 2.27. The molecule has 1 aromatic heterocycles. The molecule has 0 atom stereocenters. The smallest absolute Gasteiger partial charge is 0.138 e. The van der Waals surface area contributed by atoms with Gasteiger partial charge in [0.2, 0.25) is 0 Å². The molecule has 1 N–H and O–H groups in total. The zero-order valence-corrected chi connectivity index (χ0v) is 12.5. The average Bonchev–Trinajstić information content (AvgIpc) is 2.27. The van der Waals surface area contributed by atoms with Gasteiger partial charge in [-0.25, -0.2) is 9.97 Å². The molecular formula is C13H23ClN4. The molecule has 0 aliphatic heterocycles. The number of hydrogen-bond donors (Lipinski definition) is 1. The van der Waals surface area contributed by atoms with Crippen LogP contribution < -0.4 is 5.32 Å². The van der Waals surface area contributed by atoms with Crippen LogP contribution in [0.2, 0.25) is 5.15 Å². The van der Waals surface area contributed by atoms with Crippen LogP contribution in [0.25, 0.3) is 0 Å². The number of aromatic nitrogens is 2. The Labute approximate surface area is 115 Å². The maximum atomic E-state index is 6.11. The van der Waals surface area contributed by atoms with Crippen LogP contribution in [0.15, 0.2) is 6.33 Å². The molecule has 1 aromatic rings. The van der Waals surface area contributed by atoms with Crippen molar-refractivity contribution in [3.63, 3.8) is 0 Å². The van der Waals surface area contributed by atoms with Crippen LogP contribution in [0.5, 0.6) is 0 Å². The molecule has 0 bridgehead atoms. The summed E-state index contributed by atoms with van der Waals surface area (Å²) in [5, 5.41) is 3.91. The van der Waals surface area contributed by atoms with E-state index in [-0.39, 0.29) is 0 Å². The third-order valence-electron chi connectivity index (χ3n) is 2.74. The highest BCUT2D eigenvalue weighted by molar-refractivity contribution is 6.30. The van der Waals surface area contributed by atoms with Crippen molar-refractivity contribution in [2.24, 2.45) is 0 Å². The lowest BCUT2D eigenvalue weighted by Crippen LogP contribution is -2.15. The Morgan fingerprint density at radius 2 is 2.00 bits per heavy atom. The Balaban J connectivity index is 2.49. The second kappa shape index (κ2) is 7.54. The Morgan fingerprint density at radius 3 is 2.61 bits per heavy atom. The van der Waals surface area contributed by atoms with Crippen molar-refractivity contribution in [2.45, 2.75) is 32.6 Å². The van der Waals surface area contributed by atoms with E-state index in [1.54, 1.807) is 0 Å². The van der Waals surface area contributed by atoms with Crippen molar-refractivity contribution in [1.29, 1.82) is 0 Å². The van der Waals surface area contributed by atoms with E-state index in [2.05, 4.69) is 48.1 Å². The molecule has 0 spiro atoms. The van der Waals surface area contributed by atoms with Crippen LogP contribution in [-0.2, 0) is 0 Å². The molecule has 1 rings (SSSR count). The van der Waals surface area contributed by atoms with Gasteiger partial charge in [0.1, 0.15) is 17.3 Å². The summed E-state index contributed by atoms with van der Waals surface area (Å²) in [5.74, 6) is 1.19. The number of hydrogen-bond acceptors (Lipinski definition) is 4. The summed E-state index contributed by atoms with van der Waals surface area (Å²) in [6.07, 6.45) is 3.81. The van der Waals surface area contributed by atoms with Gasteiger partial charge in [0.25, 0.3) is 0 Å². The van der Waals surface area contributed by atoms with Crippen LogP contribution in [0.4, 0.5) is 5.82 Å². The quantitative estimate of drug-likeness (QED) is 0.611. The first-order chi connectivity index (χ1) is 8.52. The normalized spacial score (nSPS) is 11.3. The molecule has 5 heteroatoms. The number of nitrogens with one attached hydrogen (secondary N) is 1. The van der Waals surface area contributed by atoms with E-state index in [0.717, 1.165) is 30.9 Å². The molecule has 0 unspecified atom stereocenters. The van der Waals surface area contributed by atoms with Gasteiger partial charge < -0.3 is 10.2 Å². The van der Waals surface area contributed by atoms with E-state index in [0.29, 0.717) is 11.1 Å². The Bertz CT molecular complexity index is 366. The van der Waals surface area contributed by atoms with Gasteiger partial charge in [-0.3, -0.25) is 0 Å². The minimum Gasteiger partial charge on any atom is -0.370 e. The van der Waals surface area contributed by atoms with E-state index < -0.39 is 0 Å². The predicted molar refractivity (Wildman–Crippen MR) is 77.4 cm³/mol. The lowest BCUT2D eigenvalue weighted by Gasteiger charge is -2.14. The fourth-order valence-corrected chi connectivity index (χ4v) is 2.14. The Kier molecular flexibility index (Phi) is 6.36. The number of nitrogens with zero attached hydrogens (tertiary/aromatic N) is 3. The molecule has 0 fully saturated rings. The lowest BCUT2D eigenvalue weighted by molar-refractivity contribution is 0.396. The number of anilines is 1. The minimum absolute atomic E-state index is 0.322. The van der Waals surface area contributed by atoms with Crippen LogP contribution in [0, 0.1) is 0 Å². The minimum atomic E-state index is 0.322. The van der Waals surface area contributed by atoms with Gasteiger partial charge in [0.05, 0.1) is 0 Å². The number of unbranched alkanes of at least 4 members (excludes halogenated alkanes) is 1. The highest BCUT2D eigenvalue weighted by Gasteiger charge is 2.12. The maximum absolute atomic E-state index is 6.11. The molecule has 0 aromatic carbocycles. The van der Waals surface area contributed by atoms with E-state index in [4.69, 9.17) is 11.6 Å². The third-order valence-corrected chi connectivity index (χ3v) is 3.04. The summed E-state index contributed by atoms with van der Waals surface area (Å²) in [6.45, 7) is 6.23. The van der Waals surface area contributed by atoms with Gasteiger partial charge in [-0.2, -0.15) is 0 Å². The van der Waals surface area contributed by atoms with E-state index in [1.165, 1.54) is 12.7 Å². The molecule has 18 heavy (non-hydrogen) atoms. The fraction of sp³-hybridized carbons (Fsp3) is 0.692. The summed E-state index contributed by atoms with van der Waals surface area (Å²) in [4.78, 5) is 10.5. The van der Waals surface area contributed by atoms with Crippen molar-refractivity contribution in [3.05, 3.63) is 17.0 Å². The van der Waals surface area contributed by atoms with Gasteiger partial charge in [0.15, 0.2) is 0 Å². The largest absolute Gasteiger partial charge is 0.370 e. The SMILES string of the molecule is CC(C)c1c(Cl)ncnc1NCCCCN(C)C. The monoisotopic (exact) mass is 270 g/mol. The second-order valence-electron chi connectivity index (χ2n) is 5.02. The molecule has 1 heterocycles. The van der Waals surface area contributed by atoms with Gasteiger partial charge in [-0.1, -0.05) is 25.4 Å². The fourth-order valence-electron chi connectivity index (χ4n) is 1.79.